The Bertz CT molecular complexity index is 421. The summed E-state index contributed by atoms with van der Waals surface area (Å²) >= 11 is 0. The van der Waals surface area contributed by atoms with Crippen LogP contribution < -0.4 is 10.6 Å². The number of likely N-dealkylation sites (tertiary alicyclic amines) is 1. The first-order valence-electron chi connectivity index (χ1n) is 6.19. The molecule has 2 aliphatic heterocycles. The Kier molecular flexibility index (Phi) is 2.43. The Morgan fingerprint density at radius 3 is 2.82 bits per heavy atom. The van der Waals surface area contributed by atoms with Crippen LogP contribution in [-0.2, 0) is 0 Å². The molecular formula is C12H19N5. The van der Waals surface area contributed by atoms with Crippen LogP contribution in [-0.4, -0.2) is 48.1 Å². The summed E-state index contributed by atoms with van der Waals surface area (Å²) in [6.07, 6.45) is 4.31. The summed E-state index contributed by atoms with van der Waals surface area (Å²) in [5.41, 5.74) is 6.12. The van der Waals surface area contributed by atoms with Crippen LogP contribution in [0, 0.1) is 5.41 Å². The average Bonchev–Trinajstić information content (AvgIpc) is 2.87. The summed E-state index contributed by atoms with van der Waals surface area (Å²) in [5, 5.41) is 0. The molecule has 1 aromatic rings. The lowest BCUT2D eigenvalue weighted by molar-refractivity contribution is 0.312. The first kappa shape index (κ1) is 10.8. The van der Waals surface area contributed by atoms with Gasteiger partial charge in [-0.25, -0.2) is 4.98 Å². The largest absolute Gasteiger partial charge is 0.368 e. The number of anilines is 2. The number of hydrogen-bond donors (Lipinski definition) is 1. The van der Waals surface area contributed by atoms with Crippen molar-refractivity contribution in [2.45, 2.75) is 12.8 Å². The third-order valence-electron chi connectivity index (χ3n) is 4.05. The second-order valence-corrected chi connectivity index (χ2v) is 5.43. The van der Waals surface area contributed by atoms with Gasteiger partial charge in [0.25, 0.3) is 0 Å². The van der Waals surface area contributed by atoms with E-state index in [1.54, 1.807) is 6.20 Å². The molecule has 0 radical (unpaired) electrons. The topological polar surface area (TPSA) is 58.3 Å². The zero-order valence-electron chi connectivity index (χ0n) is 10.3. The molecule has 3 heterocycles. The Balaban J connectivity index is 1.76. The van der Waals surface area contributed by atoms with E-state index in [1.165, 1.54) is 25.9 Å². The molecule has 92 valence electrons. The number of nitrogen functional groups attached to an aromatic ring is 1. The minimum Gasteiger partial charge on any atom is -0.368 e. The van der Waals surface area contributed by atoms with Crippen molar-refractivity contribution in [3.05, 3.63) is 12.3 Å². The fourth-order valence-electron chi connectivity index (χ4n) is 3.16. The third kappa shape index (κ3) is 1.95. The average molecular weight is 233 g/mol. The van der Waals surface area contributed by atoms with Crippen LogP contribution in [0.1, 0.15) is 12.8 Å². The summed E-state index contributed by atoms with van der Waals surface area (Å²) in [5.74, 6) is 1.34. The maximum absolute atomic E-state index is 5.64. The van der Waals surface area contributed by atoms with Crippen molar-refractivity contribution < 1.29 is 0 Å². The predicted octanol–water partition coefficient (Wildman–Crippen LogP) is 0.591. The van der Waals surface area contributed by atoms with Gasteiger partial charge < -0.3 is 15.5 Å². The SMILES string of the molecule is CN1CCC2(CCN(c3ccnc(N)n3)C2)C1. The van der Waals surface area contributed by atoms with Gasteiger partial charge in [0.2, 0.25) is 5.95 Å². The second kappa shape index (κ2) is 3.84. The number of nitrogens with zero attached hydrogens (tertiary/aromatic N) is 4. The van der Waals surface area contributed by atoms with Gasteiger partial charge in [-0.05, 0) is 32.5 Å². The summed E-state index contributed by atoms with van der Waals surface area (Å²) in [6, 6.07) is 1.95. The zero-order chi connectivity index (χ0) is 11.9. The van der Waals surface area contributed by atoms with Crippen molar-refractivity contribution in [2.75, 3.05) is 43.9 Å². The van der Waals surface area contributed by atoms with Gasteiger partial charge in [0.05, 0.1) is 0 Å². The highest BCUT2D eigenvalue weighted by Crippen LogP contribution is 2.40. The monoisotopic (exact) mass is 233 g/mol. The number of nitrogens with two attached hydrogens (primary N) is 1. The van der Waals surface area contributed by atoms with E-state index in [4.69, 9.17) is 5.73 Å². The molecule has 3 rings (SSSR count). The van der Waals surface area contributed by atoms with Crippen molar-refractivity contribution in [3.8, 4) is 0 Å². The Hall–Kier alpha value is -1.36. The molecule has 17 heavy (non-hydrogen) atoms. The standard InChI is InChI=1S/C12H19N5/c1-16-6-3-12(8-16)4-7-17(9-12)10-2-5-14-11(13)15-10/h2,5H,3-4,6-9H2,1H3,(H2,13,14,15). The molecule has 5 nitrogen and oxygen atoms in total. The molecular weight excluding hydrogens is 214 g/mol. The van der Waals surface area contributed by atoms with Crippen molar-refractivity contribution >= 4 is 11.8 Å². The van der Waals surface area contributed by atoms with E-state index in [1.807, 2.05) is 6.07 Å². The smallest absolute Gasteiger partial charge is 0.221 e. The van der Waals surface area contributed by atoms with Gasteiger partial charge in [0.1, 0.15) is 5.82 Å². The summed E-state index contributed by atoms with van der Waals surface area (Å²) in [7, 11) is 2.21. The summed E-state index contributed by atoms with van der Waals surface area (Å²) in [6.45, 7) is 4.63. The normalized spacial score (nSPS) is 29.4. The Morgan fingerprint density at radius 2 is 2.12 bits per heavy atom. The van der Waals surface area contributed by atoms with Crippen molar-refractivity contribution in [1.82, 2.24) is 14.9 Å². The fraction of sp³-hybridized carbons (Fsp3) is 0.667. The fourth-order valence-corrected chi connectivity index (χ4v) is 3.16. The van der Waals surface area contributed by atoms with Crippen molar-refractivity contribution in [2.24, 2.45) is 5.41 Å². The molecule has 2 aliphatic rings. The van der Waals surface area contributed by atoms with E-state index < -0.39 is 0 Å². The van der Waals surface area contributed by atoms with E-state index in [0.717, 1.165) is 18.9 Å². The Morgan fingerprint density at radius 1 is 1.29 bits per heavy atom. The van der Waals surface area contributed by atoms with E-state index in [0.29, 0.717) is 11.4 Å². The van der Waals surface area contributed by atoms with Crippen LogP contribution in [0.2, 0.25) is 0 Å². The van der Waals surface area contributed by atoms with Gasteiger partial charge in [0, 0.05) is 31.2 Å². The Labute approximate surface area is 102 Å². The first-order valence-corrected chi connectivity index (χ1v) is 6.19. The molecule has 0 bridgehead atoms. The molecule has 1 spiro atoms. The number of hydrogen-bond acceptors (Lipinski definition) is 5. The highest BCUT2D eigenvalue weighted by Gasteiger charge is 2.42. The molecule has 2 fully saturated rings. The molecule has 5 heteroatoms. The van der Waals surface area contributed by atoms with Gasteiger partial charge >= 0.3 is 0 Å². The van der Waals surface area contributed by atoms with E-state index in [-0.39, 0.29) is 0 Å². The van der Waals surface area contributed by atoms with Gasteiger partial charge in [-0.3, -0.25) is 0 Å². The minimum absolute atomic E-state index is 0.368. The summed E-state index contributed by atoms with van der Waals surface area (Å²) < 4.78 is 0. The van der Waals surface area contributed by atoms with Crippen LogP contribution in [0.15, 0.2) is 12.3 Å². The van der Waals surface area contributed by atoms with Crippen LogP contribution in [0.3, 0.4) is 0 Å². The number of aromatic nitrogens is 2. The van der Waals surface area contributed by atoms with Gasteiger partial charge in [-0.2, -0.15) is 4.98 Å². The molecule has 2 saturated heterocycles. The van der Waals surface area contributed by atoms with Gasteiger partial charge in [-0.1, -0.05) is 0 Å². The van der Waals surface area contributed by atoms with E-state index in [9.17, 15) is 0 Å². The van der Waals surface area contributed by atoms with Crippen LogP contribution in [0.25, 0.3) is 0 Å². The van der Waals surface area contributed by atoms with Crippen molar-refractivity contribution in [1.29, 1.82) is 0 Å². The quantitative estimate of drug-likeness (QED) is 0.769. The molecule has 0 saturated carbocycles. The van der Waals surface area contributed by atoms with E-state index in [2.05, 4.69) is 26.8 Å². The lowest BCUT2D eigenvalue weighted by atomic mass is 9.86. The predicted molar refractivity (Wildman–Crippen MR) is 67.8 cm³/mol. The summed E-state index contributed by atoms with van der Waals surface area (Å²) in [4.78, 5) is 13.0. The van der Waals surface area contributed by atoms with Crippen LogP contribution in [0.4, 0.5) is 11.8 Å². The molecule has 0 aromatic carbocycles. The van der Waals surface area contributed by atoms with Gasteiger partial charge in [0.15, 0.2) is 0 Å². The van der Waals surface area contributed by atoms with Crippen LogP contribution in [0.5, 0.6) is 0 Å². The highest BCUT2D eigenvalue weighted by atomic mass is 15.3. The van der Waals surface area contributed by atoms with Crippen molar-refractivity contribution in [3.63, 3.8) is 0 Å². The maximum atomic E-state index is 5.64. The van der Waals surface area contributed by atoms with E-state index >= 15 is 0 Å². The number of rotatable bonds is 1. The molecule has 0 aliphatic carbocycles. The zero-order valence-corrected chi connectivity index (χ0v) is 10.3. The van der Waals surface area contributed by atoms with Gasteiger partial charge in [-0.15, -0.1) is 0 Å². The second-order valence-electron chi connectivity index (χ2n) is 5.43. The molecule has 1 unspecified atom stereocenters. The molecule has 1 atom stereocenters. The third-order valence-corrected chi connectivity index (χ3v) is 4.05. The molecule has 1 aromatic heterocycles. The minimum atomic E-state index is 0.368. The lowest BCUT2D eigenvalue weighted by Gasteiger charge is -2.24. The first-order chi connectivity index (χ1) is 8.17. The highest BCUT2D eigenvalue weighted by molar-refractivity contribution is 5.42. The molecule has 2 N–H and O–H groups in total. The molecule has 0 amide bonds. The van der Waals surface area contributed by atoms with Crippen LogP contribution >= 0.6 is 0 Å². The maximum Gasteiger partial charge on any atom is 0.221 e. The lowest BCUT2D eigenvalue weighted by Crippen LogP contribution is -2.30.